The van der Waals surface area contributed by atoms with Gasteiger partial charge in [0.05, 0.1) is 5.25 Å². The highest BCUT2D eigenvalue weighted by Gasteiger charge is 2.43. The maximum Gasteiger partial charge on any atom is 0.214 e. The van der Waals surface area contributed by atoms with E-state index in [-0.39, 0.29) is 10.7 Å². The van der Waals surface area contributed by atoms with E-state index in [1.807, 2.05) is 0 Å². The van der Waals surface area contributed by atoms with Crippen molar-refractivity contribution in [2.75, 3.05) is 25.6 Å². The smallest absolute Gasteiger partial charge is 0.214 e. The van der Waals surface area contributed by atoms with Crippen LogP contribution in [0.5, 0.6) is 0 Å². The number of alkyl halides is 1. The van der Waals surface area contributed by atoms with E-state index in [1.165, 1.54) is 0 Å². The molecule has 0 unspecified atom stereocenters. The molecule has 0 aromatic heterocycles. The fourth-order valence-corrected chi connectivity index (χ4v) is 3.81. The van der Waals surface area contributed by atoms with Crippen molar-refractivity contribution in [3.63, 3.8) is 0 Å². The maximum atomic E-state index is 12.0. The second kappa shape index (κ2) is 4.80. The molecule has 1 saturated carbocycles. The molecule has 0 amide bonds. The molecule has 1 aliphatic carbocycles. The summed E-state index contributed by atoms with van der Waals surface area (Å²) in [6, 6.07) is 0. The molecule has 1 heterocycles. The van der Waals surface area contributed by atoms with Gasteiger partial charge < -0.3 is 4.74 Å². The predicted octanol–water partition coefficient (Wildman–Crippen LogP) is 1.10. The molecule has 1 aliphatic heterocycles. The van der Waals surface area contributed by atoms with Crippen molar-refractivity contribution in [1.82, 2.24) is 4.72 Å². The van der Waals surface area contributed by atoms with Crippen LogP contribution in [-0.4, -0.2) is 39.3 Å². The first kappa shape index (κ1) is 12.6. The first-order chi connectivity index (χ1) is 7.58. The molecule has 2 aliphatic rings. The van der Waals surface area contributed by atoms with Crippen LogP contribution in [-0.2, 0) is 14.8 Å². The van der Waals surface area contributed by atoms with Gasteiger partial charge in [-0.1, -0.05) is 0 Å². The highest BCUT2D eigenvalue weighted by molar-refractivity contribution is 7.90. The Morgan fingerprint density at radius 1 is 1.31 bits per heavy atom. The van der Waals surface area contributed by atoms with E-state index < -0.39 is 10.0 Å². The molecule has 2 rings (SSSR count). The van der Waals surface area contributed by atoms with Crippen LogP contribution in [0, 0.1) is 5.41 Å². The molecule has 94 valence electrons. The summed E-state index contributed by atoms with van der Waals surface area (Å²) >= 11 is 5.82. The van der Waals surface area contributed by atoms with E-state index in [2.05, 4.69) is 4.72 Å². The van der Waals surface area contributed by atoms with Crippen molar-refractivity contribution in [2.24, 2.45) is 5.41 Å². The van der Waals surface area contributed by atoms with Crippen molar-refractivity contribution in [3.8, 4) is 0 Å². The van der Waals surface area contributed by atoms with Gasteiger partial charge in [-0.25, -0.2) is 13.1 Å². The van der Waals surface area contributed by atoms with Crippen LogP contribution in [0.1, 0.15) is 25.7 Å². The highest BCUT2D eigenvalue weighted by atomic mass is 35.5. The van der Waals surface area contributed by atoms with Gasteiger partial charge in [-0.2, -0.15) is 0 Å². The van der Waals surface area contributed by atoms with Crippen molar-refractivity contribution < 1.29 is 13.2 Å². The quantitative estimate of drug-likeness (QED) is 0.759. The van der Waals surface area contributed by atoms with Crippen LogP contribution >= 0.6 is 11.6 Å². The molecule has 1 N–H and O–H groups in total. The number of hydrogen-bond acceptors (Lipinski definition) is 3. The standard InChI is InChI=1S/C10H18ClNO3S/c11-7-10(3-4-10)8-12-16(13,14)9-1-5-15-6-2-9/h9,12H,1-8H2. The summed E-state index contributed by atoms with van der Waals surface area (Å²) in [5.74, 6) is 0.545. The van der Waals surface area contributed by atoms with Crippen LogP contribution in [0.3, 0.4) is 0 Å². The van der Waals surface area contributed by atoms with E-state index in [4.69, 9.17) is 16.3 Å². The van der Waals surface area contributed by atoms with E-state index in [9.17, 15) is 8.42 Å². The van der Waals surface area contributed by atoms with Gasteiger partial charge in [0.1, 0.15) is 0 Å². The highest BCUT2D eigenvalue weighted by Crippen LogP contribution is 2.46. The number of ether oxygens (including phenoxy) is 1. The average Bonchev–Trinajstić information content (AvgIpc) is 3.09. The predicted molar refractivity (Wildman–Crippen MR) is 63.2 cm³/mol. The van der Waals surface area contributed by atoms with Crippen LogP contribution < -0.4 is 4.72 Å². The third kappa shape index (κ3) is 2.88. The molecule has 0 radical (unpaired) electrons. The Hall–Kier alpha value is 0.160. The molecule has 2 fully saturated rings. The van der Waals surface area contributed by atoms with Crippen molar-refractivity contribution in [3.05, 3.63) is 0 Å². The number of sulfonamides is 1. The molecule has 0 bridgehead atoms. The number of halogens is 1. The topological polar surface area (TPSA) is 55.4 Å². The maximum absolute atomic E-state index is 12.0. The van der Waals surface area contributed by atoms with E-state index in [0.717, 1.165) is 12.8 Å². The molecule has 0 atom stereocenters. The van der Waals surface area contributed by atoms with Gasteiger partial charge >= 0.3 is 0 Å². The summed E-state index contributed by atoms with van der Waals surface area (Å²) in [6.45, 7) is 1.59. The normalized spacial score (nSPS) is 25.6. The Kier molecular flexibility index (Phi) is 3.79. The zero-order chi connectivity index (χ0) is 11.6. The van der Waals surface area contributed by atoms with Crippen LogP contribution in [0.15, 0.2) is 0 Å². The Morgan fingerprint density at radius 2 is 1.94 bits per heavy atom. The van der Waals surface area contributed by atoms with Crippen LogP contribution in [0.4, 0.5) is 0 Å². The third-order valence-electron chi connectivity index (χ3n) is 3.50. The minimum absolute atomic E-state index is 0.0415. The Labute approximate surface area is 102 Å². The van der Waals surface area contributed by atoms with Gasteiger partial charge in [-0.3, -0.25) is 0 Å². The zero-order valence-corrected chi connectivity index (χ0v) is 10.8. The summed E-state index contributed by atoms with van der Waals surface area (Å²) in [5.41, 5.74) is 0.0415. The van der Waals surface area contributed by atoms with Crippen molar-refractivity contribution in [1.29, 1.82) is 0 Å². The molecule has 0 aromatic rings. The summed E-state index contributed by atoms with van der Waals surface area (Å²) in [5, 5.41) is -0.285. The van der Waals surface area contributed by atoms with Gasteiger partial charge in [0.15, 0.2) is 0 Å². The van der Waals surface area contributed by atoms with E-state index in [0.29, 0.717) is 38.5 Å². The van der Waals surface area contributed by atoms with Gasteiger partial charge in [-0.05, 0) is 31.1 Å². The monoisotopic (exact) mass is 267 g/mol. The van der Waals surface area contributed by atoms with Crippen molar-refractivity contribution >= 4 is 21.6 Å². The van der Waals surface area contributed by atoms with Gasteiger partial charge in [-0.15, -0.1) is 11.6 Å². The third-order valence-corrected chi connectivity index (χ3v) is 5.96. The lowest BCUT2D eigenvalue weighted by molar-refractivity contribution is 0.0981. The van der Waals surface area contributed by atoms with E-state index in [1.54, 1.807) is 0 Å². The first-order valence-electron chi connectivity index (χ1n) is 5.70. The van der Waals surface area contributed by atoms with Gasteiger partial charge in [0, 0.05) is 25.6 Å². The fourth-order valence-electron chi connectivity index (χ4n) is 1.89. The second-order valence-corrected chi connectivity index (χ2v) is 7.12. The molecular formula is C10H18ClNO3S. The minimum Gasteiger partial charge on any atom is -0.381 e. The fraction of sp³-hybridized carbons (Fsp3) is 1.00. The summed E-state index contributed by atoms with van der Waals surface area (Å²) in [6.07, 6.45) is 3.27. The van der Waals surface area contributed by atoms with E-state index >= 15 is 0 Å². The lowest BCUT2D eigenvalue weighted by Gasteiger charge is -2.23. The number of hydrogen-bond donors (Lipinski definition) is 1. The lowest BCUT2D eigenvalue weighted by Crippen LogP contribution is -2.40. The zero-order valence-electron chi connectivity index (χ0n) is 9.25. The Balaban J connectivity index is 1.87. The number of nitrogens with one attached hydrogen (secondary N) is 1. The number of rotatable bonds is 5. The summed E-state index contributed by atoms with van der Waals surface area (Å²) in [4.78, 5) is 0. The Bertz CT molecular complexity index is 334. The average molecular weight is 268 g/mol. The largest absolute Gasteiger partial charge is 0.381 e. The van der Waals surface area contributed by atoms with Gasteiger partial charge in [0.2, 0.25) is 10.0 Å². The molecule has 16 heavy (non-hydrogen) atoms. The summed E-state index contributed by atoms with van der Waals surface area (Å²) in [7, 11) is -3.18. The summed E-state index contributed by atoms with van der Waals surface area (Å²) < 4.78 is 31.8. The molecule has 4 nitrogen and oxygen atoms in total. The second-order valence-electron chi connectivity index (χ2n) is 4.81. The van der Waals surface area contributed by atoms with Crippen LogP contribution in [0.2, 0.25) is 0 Å². The molecule has 6 heteroatoms. The molecule has 0 aromatic carbocycles. The molecule has 0 spiro atoms. The van der Waals surface area contributed by atoms with Gasteiger partial charge in [0.25, 0.3) is 0 Å². The molecule has 1 saturated heterocycles. The SMILES string of the molecule is O=S(=O)(NCC1(CCl)CC1)C1CCOCC1. The first-order valence-corrected chi connectivity index (χ1v) is 7.78. The Morgan fingerprint density at radius 3 is 2.44 bits per heavy atom. The van der Waals surface area contributed by atoms with Crippen LogP contribution in [0.25, 0.3) is 0 Å². The van der Waals surface area contributed by atoms with Crippen molar-refractivity contribution in [2.45, 2.75) is 30.9 Å². The molecular weight excluding hydrogens is 250 g/mol. The minimum atomic E-state index is -3.18. The lowest BCUT2D eigenvalue weighted by atomic mass is 10.1.